The van der Waals surface area contributed by atoms with Crippen LogP contribution in [0.2, 0.25) is 0 Å². The quantitative estimate of drug-likeness (QED) is 0.851. The fourth-order valence-electron chi connectivity index (χ4n) is 1.84. The second-order valence-corrected chi connectivity index (χ2v) is 4.36. The first-order valence-corrected chi connectivity index (χ1v) is 6.05. The van der Waals surface area contributed by atoms with Crippen LogP contribution in [-0.2, 0) is 13.6 Å². The van der Waals surface area contributed by atoms with Crippen molar-refractivity contribution >= 4 is 0 Å². The lowest BCUT2D eigenvalue weighted by Gasteiger charge is -2.15. The van der Waals surface area contributed by atoms with Gasteiger partial charge in [0.1, 0.15) is 17.8 Å². The van der Waals surface area contributed by atoms with Crippen LogP contribution in [0.25, 0.3) is 0 Å². The minimum Gasteiger partial charge on any atom is -0.507 e. The van der Waals surface area contributed by atoms with Crippen molar-refractivity contribution in [3.05, 3.63) is 35.9 Å². The Morgan fingerprint density at radius 3 is 2.84 bits per heavy atom. The van der Waals surface area contributed by atoms with Gasteiger partial charge in [-0.1, -0.05) is 6.07 Å². The van der Waals surface area contributed by atoms with Crippen molar-refractivity contribution in [1.29, 1.82) is 0 Å². The molecule has 1 aromatic carbocycles. The van der Waals surface area contributed by atoms with E-state index in [4.69, 9.17) is 4.74 Å². The molecule has 0 spiro atoms. The molecule has 1 aromatic heterocycles. The van der Waals surface area contributed by atoms with Gasteiger partial charge in [-0.05, 0) is 13.0 Å². The monoisotopic (exact) mass is 262 g/mol. The number of hydrogen-bond acceptors (Lipinski definition) is 5. The molecule has 0 saturated heterocycles. The molecule has 19 heavy (non-hydrogen) atoms. The van der Waals surface area contributed by atoms with E-state index < -0.39 is 0 Å². The number of hydrogen-bond donors (Lipinski definition) is 2. The van der Waals surface area contributed by atoms with Crippen LogP contribution in [0.5, 0.6) is 11.5 Å². The highest BCUT2D eigenvalue weighted by Crippen LogP contribution is 2.28. The van der Waals surface area contributed by atoms with Gasteiger partial charge in [0.05, 0.1) is 13.7 Å². The van der Waals surface area contributed by atoms with E-state index in [-0.39, 0.29) is 11.8 Å². The van der Waals surface area contributed by atoms with Crippen molar-refractivity contribution in [1.82, 2.24) is 20.1 Å². The number of nitrogens with zero attached hydrogens (tertiary/aromatic N) is 3. The van der Waals surface area contributed by atoms with Crippen LogP contribution in [0.3, 0.4) is 0 Å². The fourth-order valence-corrected chi connectivity index (χ4v) is 1.84. The standard InChI is InChI=1S/C13H18N4O2/c1-9(14-7-13-15-8-17(2)16-13)11-5-4-10(19-3)6-12(11)18/h4-6,8-9,14,18H,7H2,1-3H3. The van der Waals surface area contributed by atoms with Gasteiger partial charge in [0, 0.05) is 24.7 Å². The normalized spacial score (nSPS) is 12.4. The third kappa shape index (κ3) is 3.23. The second-order valence-electron chi connectivity index (χ2n) is 4.36. The van der Waals surface area contributed by atoms with E-state index in [0.717, 1.165) is 11.4 Å². The summed E-state index contributed by atoms with van der Waals surface area (Å²) in [5.74, 6) is 1.58. The zero-order valence-corrected chi connectivity index (χ0v) is 11.3. The topological polar surface area (TPSA) is 72.2 Å². The Morgan fingerprint density at radius 1 is 1.47 bits per heavy atom. The van der Waals surface area contributed by atoms with Crippen molar-refractivity contribution in [2.45, 2.75) is 19.5 Å². The maximum absolute atomic E-state index is 9.94. The lowest BCUT2D eigenvalue weighted by Crippen LogP contribution is -2.19. The van der Waals surface area contributed by atoms with E-state index in [1.165, 1.54) is 0 Å². The van der Waals surface area contributed by atoms with Gasteiger partial charge in [-0.3, -0.25) is 4.68 Å². The van der Waals surface area contributed by atoms with Crippen molar-refractivity contribution in [2.75, 3.05) is 7.11 Å². The molecule has 0 radical (unpaired) electrons. The SMILES string of the molecule is COc1ccc(C(C)NCc2ncn(C)n2)c(O)c1. The molecule has 0 bridgehead atoms. The molecule has 2 rings (SSSR count). The lowest BCUT2D eigenvalue weighted by molar-refractivity contribution is 0.403. The average molecular weight is 262 g/mol. The summed E-state index contributed by atoms with van der Waals surface area (Å²) in [6.45, 7) is 2.53. The third-order valence-electron chi connectivity index (χ3n) is 2.92. The molecule has 0 saturated carbocycles. The molecule has 2 N–H and O–H groups in total. The Morgan fingerprint density at radius 2 is 2.26 bits per heavy atom. The molecule has 0 aliphatic rings. The van der Waals surface area contributed by atoms with E-state index in [1.54, 1.807) is 24.2 Å². The highest BCUT2D eigenvalue weighted by atomic mass is 16.5. The van der Waals surface area contributed by atoms with Crippen LogP contribution in [0, 0.1) is 0 Å². The number of phenolic OH excluding ortho intramolecular Hbond substituents is 1. The number of methoxy groups -OCH3 is 1. The summed E-state index contributed by atoms with van der Waals surface area (Å²) in [7, 11) is 3.40. The molecule has 6 heteroatoms. The number of phenols is 1. The summed E-state index contributed by atoms with van der Waals surface area (Å²) in [5, 5.41) is 17.4. The van der Waals surface area contributed by atoms with E-state index >= 15 is 0 Å². The fraction of sp³-hybridized carbons (Fsp3) is 0.385. The number of aromatic nitrogens is 3. The highest BCUT2D eigenvalue weighted by molar-refractivity contribution is 5.41. The number of benzene rings is 1. The molecule has 0 fully saturated rings. The first-order chi connectivity index (χ1) is 9.10. The smallest absolute Gasteiger partial charge is 0.164 e. The van der Waals surface area contributed by atoms with Gasteiger partial charge >= 0.3 is 0 Å². The summed E-state index contributed by atoms with van der Waals surface area (Å²) in [5.41, 5.74) is 0.816. The molecule has 0 aliphatic heterocycles. The zero-order valence-electron chi connectivity index (χ0n) is 11.3. The molecule has 0 amide bonds. The number of aromatic hydroxyl groups is 1. The molecular weight excluding hydrogens is 244 g/mol. The summed E-state index contributed by atoms with van der Waals surface area (Å²) in [6, 6.07) is 5.27. The van der Waals surface area contributed by atoms with E-state index in [0.29, 0.717) is 12.3 Å². The highest BCUT2D eigenvalue weighted by Gasteiger charge is 2.11. The number of rotatable bonds is 5. The average Bonchev–Trinajstić information content (AvgIpc) is 2.81. The van der Waals surface area contributed by atoms with Crippen molar-refractivity contribution in [3.8, 4) is 11.5 Å². The van der Waals surface area contributed by atoms with Crippen LogP contribution < -0.4 is 10.1 Å². The van der Waals surface area contributed by atoms with Crippen molar-refractivity contribution in [3.63, 3.8) is 0 Å². The second kappa shape index (κ2) is 5.71. The van der Waals surface area contributed by atoms with Crippen LogP contribution in [0.15, 0.2) is 24.5 Å². The van der Waals surface area contributed by atoms with Crippen LogP contribution in [0.1, 0.15) is 24.4 Å². The molecule has 1 heterocycles. The van der Waals surface area contributed by atoms with Crippen LogP contribution in [0.4, 0.5) is 0 Å². The number of aryl methyl sites for hydroxylation is 1. The summed E-state index contributed by atoms with van der Waals surface area (Å²) < 4.78 is 6.72. The first-order valence-electron chi connectivity index (χ1n) is 6.05. The molecule has 0 aliphatic carbocycles. The van der Waals surface area contributed by atoms with Crippen LogP contribution in [-0.4, -0.2) is 27.0 Å². The van der Waals surface area contributed by atoms with Gasteiger partial charge in [0.2, 0.25) is 0 Å². The molecule has 6 nitrogen and oxygen atoms in total. The van der Waals surface area contributed by atoms with E-state index in [1.807, 2.05) is 26.1 Å². The zero-order chi connectivity index (χ0) is 13.8. The van der Waals surface area contributed by atoms with Crippen molar-refractivity contribution < 1.29 is 9.84 Å². The van der Waals surface area contributed by atoms with Gasteiger partial charge in [0.15, 0.2) is 5.82 Å². The van der Waals surface area contributed by atoms with Gasteiger partial charge in [-0.15, -0.1) is 0 Å². The minimum absolute atomic E-state index is 0.00490. The number of nitrogens with one attached hydrogen (secondary N) is 1. The Hall–Kier alpha value is -2.08. The molecule has 1 atom stereocenters. The Bertz CT molecular complexity index is 553. The predicted octanol–water partition coefficient (Wildman–Crippen LogP) is 1.38. The van der Waals surface area contributed by atoms with Gasteiger partial charge in [-0.2, -0.15) is 5.10 Å². The van der Waals surface area contributed by atoms with Gasteiger partial charge < -0.3 is 15.2 Å². The van der Waals surface area contributed by atoms with Crippen molar-refractivity contribution in [2.24, 2.45) is 7.05 Å². The minimum atomic E-state index is -0.00490. The van der Waals surface area contributed by atoms with E-state index in [9.17, 15) is 5.11 Å². The molecular formula is C13H18N4O2. The first kappa shape index (κ1) is 13.4. The summed E-state index contributed by atoms with van der Waals surface area (Å²) >= 11 is 0. The van der Waals surface area contributed by atoms with Gasteiger partial charge in [-0.25, -0.2) is 4.98 Å². The molecule has 102 valence electrons. The molecule has 2 aromatic rings. The Kier molecular flexibility index (Phi) is 4.01. The van der Waals surface area contributed by atoms with Crippen LogP contribution >= 0.6 is 0 Å². The third-order valence-corrected chi connectivity index (χ3v) is 2.92. The summed E-state index contributed by atoms with van der Waals surface area (Å²) in [4.78, 5) is 4.14. The lowest BCUT2D eigenvalue weighted by atomic mass is 10.1. The van der Waals surface area contributed by atoms with Gasteiger partial charge in [0.25, 0.3) is 0 Å². The predicted molar refractivity (Wildman–Crippen MR) is 70.9 cm³/mol. The number of ether oxygens (including phenoxy) is 1. The Labute approximate surface area is 112 Å². The Balaban J connectivity index is 2.01. The maximum atomic E-state index is 9.94. The molecule has 1 unspecified atom stereocenters. The summed E-state index contributed by atoms with van der Waals surface area (Å²) in [6.07, 6.45) is 1.66. The maximum Gasteiger partial charge on any atom is 0.164 e. The largest absolute Gasteiger partial charge is 0.507 e. The van der Waals surface area contributed by atoms with E-state index in [2.05, 4.69) is 15.4 Å².